The van der Waals surface area contributed by atoms with Gasteiger partial charge >= 0.3 is 0 Å². The summed E-state index contributed by atoms with van der Waals surface area (Å²) in [5, 5.41) is 13.7. The normalized spacial score (nSPS) is 14.3. The second-order valence-electron chi connectivity index (χ2n) is 4.05. The maximum atomic E-state index is 9.88. The van der Waals surface area contributed by atoms with Crippen molar-refractivity contribution in [3.8, 4) is 5.75 Å². The predicted octanol–water partition coefficient (Wildman–Crippen LogP) is 2.92. The lowest BCUT2D eigenvalue weighted by atomic mass is 10.0. The molecule has 0 fully saturated rings. The van der Waals surface area contributed by atoms with Crippen LogP contribution in [-0.2, 0) is 0 Å². The van der Waals surface area contributed by atoms with Crippen molar-refractivity contribution >= 4 is 17.3 Å². The van der Waals surface area contributed by atoms with E-state index < -0.39 is 5.60 Å². The molecule has 16 heavy (non-hydrogen) atoms. The summed E-state index contributed by atoms with van der Waals surface area (Å²) in [4.78, 5) is 0. The molecule has 0 aliphatic carbocycles. The van der Waals surface area contributed by atoms with Crippen molar-refractivity contribution in [3.05, 3.63) is 23.2 Å². The molecule has 4 heteroatoms. The molecule has 1 unspecified atom stereocenters. The van der Waals surface area contributed by atoms with Gasteiger partial charge in [-0.25, -0.2) is 0 Å². The fourth-order valence-corrected chi connectivity index (χ4v) is 1.40. The largest absolute Gasteiger partial charge is 0.495 e. The fourth-order valence-electron chi connectivity index (χ4n) is 1.23. The Morgan fingerprint density at radius 3 is 2.75 bits per heavy atom. The van der Waals surface area contributed by atoms with Crippen LogP contribution in [0.15, 0.2) is 18.2 Å². The van der Waals surface area contributed by atoms with Crippen LogP contribution >= 0.6 is 11.6 Å². The molecule has 0 saturated carbocycles. The van der Waals surface area contributed by atoms with Crippen LogP contribution in [-0.4, -0.2) is 24.4 Å². The first-order valence-electron chi connectivity index (χ1n) is 5.28. The molecular weight excluding hydrogens is 226 g/mol. The minimum Gasteiger partial charge on any atom is -0.495 e. The molecule has 3 nitrogen and oxygen atoms in total. The SMILES string of the molecule is CCC(C)(O)CNc1cc(Cl)ccc1OC. The van der Waals surface area contributed by atoms with E-state index in [1.165, 1.54) is 0 Å². The zero-order valence-corrected chi connectivity index (χ0v) is 10.6. The average molecular weight is 244 g/mol. The zero-order chi connectivity index (χ0) is 12.2. The van der Waals surface area contributed by atoms with Crippen LogP contribution in [0.25, 0.3) is 0 Å². The van der Waals surface area contributed by atoms with E-state index in [0.717, 1.165) is 11.4 Å². The number of aliphatic hydroxyl groups is 1. The van der Waals surface area contributed by atoms with E-state index in [9.17, 15) is 5.11 Å². The van der Waals surface area contributed by atoms with Crippen molar-refractivity contribution < 1.29 is 9.84 Å². The number of benzene rings is 1. The number of anilines is 1. The van der Waals surface area contributed by atoms with Gasteiger partial charge in [0, 0.05) is 11.6 Å². The van der Waals surface area contributed by atoms with Crippen LogP contribution in [0.4, 0.5) is 5.69 Å². The minimum absolute atomic E-state index is 0.459. The highest BCUT2D eigenvalue weighted by atomic mass is 35.5. The van der Waals surface area contributed by atoms with Gasteiger partial charge in [-0.2, -0.15) is 0 Å². The molecule has 0 aliphatic rings. The maximum Gasteiger partial charge on any atom is 0.142 e. The van der Waals surface area contributed by atoms with Gasteiger partial charge in [0.25, 0.3) is 0 Å². The summed E-state index contributed by atoms with van der Waals surface area (Å²) in [5.74, 6) is 0.719. The molecule has 0 aromatic heterocycles. The molecule has 1 rings (SSSR count). The highest BCUT2D eigenvalue weighted by molar-refractivity contribution is 6.30. The van der Waals surface area contributed by atoms with Gasteiger partial charge in [0.2, 0.25) is 0 Å². The van der Waals surface area contributed by atoms with Crippen molar-refractivity contribution in [2.24, 2.45) is 0 Å². The Morgan fingerprint density at radius 2 is 2.19 bits per heavy atom. The minimum atomic E-state index is -0.729. The number of ether oxygens (including phenoxy) is 1. The number of hydrogen-bond donors (Lipinski definition) is 2. The monoisotopic (exact) mass is 243 g/mol. The number of methoxy groups -OCH3 is 1. The molecular formula is C12H18ClNO2. The molecule has 1 aromatic rings. The summed E-state index contributed by atoms with van der Waals surface area (Å²) in [6.45, 7) is 4.19. The van der Waals surface area contributed by atoms with Gasteiger partial charge in [-0.15, -0.1) is 0 Å². The van der Waals surface area contributed by atoms with Crippen LogP contribution in [0.5, 0.6) is 5.75 Å². The van der Waals surface area contributed by atoms with Crippen LogP contribution in [0, 0.1) is 0 Å². The second kappa shape index (κ2) is 5.41. The lowest BCUT2D eigenvalue weighted by molar-refractivity contribution is 0.0697. The first-order chi connectivity index (χ1) is 7.48. The van der Waals surface area contributed by atoms with E-state index in [1.54, 1.807) is 32.2 Å². The summed E-state index contributed by atoms with van der Waals surface area (Å²) in [6.07, 6.45) is 0.683. The van der Waals surface area contributed by atoms with Gasteiger partial charge in [-0.3, -0.25) is 0 Å². The fraction of sp³-hybridized carbons (Fsp3) is 0.500. The number of nitrogens with one attached hydrogen (secondary N) is 1. The molecule has 0 spiro atoms. The lowest BCUT2D eigenvalue weighted by Crippen LogP contribution is -2.32. The third-order valence-corrected chi connectivity index (χ3v) is 2.82. The molecule has 2 N–H and O–H groups in total. The van der Waals surface area contributed by atoms with E-state index in [1.807, 2.05) is 6.92 Å². The third-order valence-electron chi connectivity index (χ3n) is 2.58. The summed E-state index contributed by atoms with van der Waals surface area (Å²) in [6, 6.07) is 5.35. The van der Waals surface area contributed by atoms with E-state index in [4.69, 9.17) is 16.3 Å². The van der Waals surface area contributed by atoms with E-state index in [2.05, 4.69) is 5.32 Å². The molecule has 90 valence electrons. The Bertz CT molecular complexity index is 353. The van der Waals surface area contributed by atoms with Crippen LogP contribution in [0.3, 0.4) is 0 Å². The van der Waals surface area contributed by atoms with Crippen LogP contribution in [0.2, 0.25) is 5.02 Å². The maximum absolute atomic E-state index is 9.88. The van der Waals surface area contributed by atoms with Crippen molar-refractivity contribution in [2.45, 2.75) is 25.9 Å². The van der Waals surface area contributed by atoms with Crippen molar-refractivity contribution in [3.63, 3.8) is 0 Å². The summed E-state index contributed by atoms with van der Waals surface area (Å²) in [7, 11) is 1.60. The van der Waals surface area contributed by atoms with Crippen molar-refractivity contribution in [1.82, 2.24) is 0 Å². The first kappa shape index (κ1) is 13.1. The smallest absolute Gasteiger partial charge is 0.142 e. The van der Waals surface area contributed by atoms with E-state index in [-0.39, 0.29) is 0 Å². The Balaban J connectivity index is 2.76. The molecule has 0 amide bonds. The van der Waals surface area contributed by atoms with Crippen molar-refractivity contribution in [2.75, 3.05) is 19.0 Å². The van der Waals surface area contributed by atoms with Gasteiger partial charge in [0.05, 0.1) is 18.4 Å². The Hall–Kier alpha value is -0.930. The van der Waals surface area contributed by atoms with E-state index in [0.29, 0.717) is 18.0 Å². The van der Waals surface area contributed by atoms with Crippen LogP contribution < -0.4 is 10.1 Å². The van der Waals surface area contributed by atoms with Gasteiger partial charge in [-0.05, 0) is 31.5 Å². The molecule has 0 heterocycles. The van der Waals surface area contributed by atoms with Gasteiger partial charge in [0.1, 0.15) is 5.75 Å². The first-order valence-corrected chi connectivity index (χ1v) is 5.66. The van der Waals surface area contributed by atoms with Gasteiger partial charge in [0.15, 0.2) is 0 Å². The number of hydrogen-bond acceptors (Lipinski definition) is 3. The van der Waals surface area contributed by atoms with Crippen molar-refractivity contribution in [1.29, 1.82) is 0 Å². The highest BCUT2D eigenvalue weighted by Crippen LogP contribution is 2.28. The highest BCUT2D eigenvalue weighted by Gasteiger charge is 2.17. The Labute approximate surface area is 101 Å². The zero-order valence-electron chi connectivity index (χ0n) is 9.88. The predicted molar refractivity (Wildman–Crippen MR) is 67.4 cm³/mol. The van der Waals surface area contributed by atoms with E-state index >= 15 is 0 Å². The second-order valence-corrected chi connectivity index (χ2v) is 4.49. The van der Waals surface area contributed by atoms with Crippen LogP contribution in [0.1, 0.15) is 20.3 Å². The molecule has 0 radical (unpaired) electrons. The number of rotatable bonds is 5. The number of halogens is 1. The molecule has 0 bridgehead atoms. The molecule has 1 atom stereocenters. The summed E-state index contributed by atoms with van der Waals surface area (Å²) in [5.41, 5.74) is 0.0663. The molecule has 1 aromatic carbocycles. The third kappa shape index (κ3) is 3.58. The standard InChI is InChI=1S/C12H18ClNO2/c1-4-12(2,15)8-14-10-7-9(13)5-6-11(10)16-3/h5-7,14-15H,4,8H2,1-3H3. The Morgan fingerprint density at radius 1 is 1.50 bits per heavy atom. The topological polar surface area (TPSA) is 41.5 Å². The van der Waals surface area contributed by atoms with Gasteiger partial charge in [-0.1, -0.05) is 18.5 Å². The quantitative estimate of drug-likeness (QED) is 0.836. The molecule has 0 saturated heterocycles. The van der Waals surface area contributed by atoms with Gasteiger partial charge < -0.3 is 15.2 Å². The summed E-state index contributed by atoms with van der Waals surface area (Å²) >= 11 is 5.90. The Kier molecular flexibility index (Phi) is 4.44. The average Bonchev–Trinajstić information content (AvgIpc) is 2.27. The summed E-state index contributed by atoms with van der Waals surface area (Å²) < 4.78 is 5.20. The molecule has 0 aliphatic heterocycles. The lowest BCUT2D eigenvalue weighted by Gasteiger charge is -2.23.